The number of rotatable bonds is 3. The Bertz CT molecular complexity index is 1240. The third kappa shape index (κ3) is 1.97. The first-order chi connectivity index (χ1) is 12.3. The minimum atomic E-state index is 0.982. The first kappa shape index (κ1) is 14.6. The molecule has 0 unspecified atom stereocenters. The Balaban J connectivity index is 2.04. The van der Waals surface area contributed by atoms with E-state index in [-0.39, 0.29) is 0 Å². The lowest BCUT2D eigenvalue weighted by Gasteiger charge is -2.06. The lowest BCUT2D eigenvalue weighted by molar-refractivity contribution is 0.672. The molecule has 0 aliphatic carbocycles. The summed E-state index contributed by atoms with van der Waals surface area (Å²) in [7, 11) is 2.16. The molecule has 0 aliphatic heterocycles. The molecule has 2 nitrogen and oxygen atoms in total. The van der Waals surface area contributed by atoms with Crippen LogP contribution in [-0.2, 0) is 13.5 Å². The van der Waals surface area contributed by atoms with E-state index in [0.29, 0.717) is 0 Å². The van der Waals surface area contributed by atoms with Crippen LogP contribution < -0.4 is 0 Å². The van der Waals surface area contributed by atoms with E-state index >= 15 is 0 Å². The molecule has 0 bridgehead atoms. The zero-order valence-electron chi connectivity index (χ0n) is 14.7. The quantitative estimate of drug-likeness (QED) is 0.366. The van der Waals surface area contributed by atoms with Gasteiger partial charge < -0.3 is 8.98 Å². The summed E-state index contributed by atoms with van der Waals surface area (Å²) in [6, 6.07) is 19.4. The van der Waals surface area contributed by atoms with Crippen LogP contribution in [0, 0.1) is 0 Å². The van der Waals surface area contributed by atoms with E-state index in [9.17, 15) is 0 Å². The second-order valence-electron chi connectivity index (χ2n) is 6.91. The monoisotopic (exact) mass is 327 g/mol. The molecule has 0 saturated carbocycles. The largest absolute Gasteiger partial charge is 0.455 e. The third-order valence-electron chi connectivity index (χ3n) is 5.41. The highest BCUT2D eigenvalue weighted by molar-refractivity contribution is 6.24. The fourth-order valence-electron chi connectivity index (χ4n) is 4.16. The highest BCUT2D eigenvalue weighted by Crippen LogP contribution is 2.41. The molecule has 0 spiro atoms. The summed E-state index contributed by atoms with van der Waals surface area (Å²) >= 11 is 0. The van der Waals surface area contributed by atoms with Gasteiger partial charge in [-0.2, -0.15) is 0 Å². The normalized spacial score (nSPS) is 12.1. The van der Waals surface area contributed by atoms with Gasteiger partial charge >= 0.3 is 0 Å². The van der Waals surface area contributed by atoms with Crippen LogP contribution in [0.2, 0.25) is 0 Å². The van der Waals surface area contributed by atoms with Crippen LogP contribution in [-0.4, -0.2) is 4.57 Å². The number of nitrogens with zero attached hydrogens (tertiary/aromatic N) is 1. The van der Waals surface area contributed by atoms with E-state index in [0.717, 1.165) is 17.6 Å². The number of furan rings is 1. The van der Waals surface area contributed by atoms with Gasteiger partial charge in [-0.05, 0) is 36.6 Å². The molecule has 3 aromatic carbocycles. The second kappa shape index (κ2) is 5.38. The number of unbranched alkanes of at least 4 members (excludes halogenated alkanes) is 1. The van der Waals surface area contributed by atoms with Crippen molar-refractivity contribution in [2.45, 2.75) is 26.2 Å². The number of hydrogen-bond donors (Lipinski definition) is 0. The van der Waals surface area contributed by atoms with Crippen LogP contribution in [0.5, 0.6) is 0 Å². The summed E-state index contributed by atoms with van der Waals surface area (Å²) in [4.78, 5) is 0. The van der Waals surface area contributed by atoms with Gasteiger partial charge in [0, 0.05) is 28.7 Å². The molecule has 2 heteroatoms. The third-order valence-corrected chi connectivity index (χ3v) is 5.41. The Morgan fingerprint density at radius 2 is 1.64 bits per heavy atom. The fraction of sp³-hybridized carbons (Fsp3) is 0.217. The molecule has 0 saturated heterocycles. The van der Waals surface area contributed by atoms with Crippen LogP contribution >= 0.6 is 0 Å². The summed E-state index contributed by atoms with van der Waals surface area (Å²) < 4.78 is 8.69. The SMILES string of the molecule is CCCCc1cc2c(c3ccccc3n2C)c2oc3ccccc3c12. The van der Waals surface area contributed by atoms with Gasteiger partial charge in [0.2, 0.25) is 0 Å². The number of fused-ring (bicyclic) bond motifs is 7. The smallest absolute Gasteiger partial charge is 0.145 e. The average Bonchev–Trinajstić information content (AvgIpc) is 3.16. The van der Waals surface area contributed by atoms with Crippen molar-refractivity contribution in [2.75, 3.05) is 0 Å². The molecule has 0 aliphatic rings. The maximum Gasteiger partial charge on any atom is 0.145 e. The van der Waals surface area contributed by atoms with Gasteiger partial charge in [-0.1, -0.05) is 49.7 Å². The predicted octanol–water partition coefficient (Wildman–Crippen LogP) is 6.57. The van der Waals surface area contributed by atoms with Crippen molar-refractivity contribution in [1.82, 2.24) is 4.57 Å². The van der Waals surface area contributed by atoms with Crippen molar-refractivity contribution in [3.8, 4) is 0 Å². The number of para-hydroxylation sites is 2. The summed E-state index contributed by atoms with van der Waals surface area (Å²) in [5.41, 5.74) is 5.95. The van der Waals surface area contributed by atoms with Crippen LogP contribution in [0.4, 0.5) is 0 Å². The standard InChI is InChI=1S/C23H21NO/c1-3-4-9-15-14-19-22(16-10-5-7-12-18(16)24(19)2)23-21(15)17-11-6-8-13-20(17)25-23/h5-8,10-14H,3-4,9H2,1-2H3. The summed E-state index contributed by atoms with van der Waals surface area (Å²) in [6.07, 6.45) is 3.49. The average molecular weight is 327 g/mol. The molecule has 0 atom stereocenters. The molecule has 2 heterocycles. The number of hydrogen-bond acceptors (Lipinski definition) is 1. The highest BCUT2D eigenvalue weighted by Gasteiger charge is 2.19. The van der Waals surface area contributed by atoms with Gasteiger partial charge in [0.1, 0.15) is 11.2 Å². The lowest BCUT2D eigenvalue weighted by Crippen LogP contribution is -1.91. The van der Waals surface area contributed by atoms with E-state index in [1.807, 2.05) is 0 Å². The Labute approximate surface area is 146 Å². The molecule has 5 rings (SSSR count). The van der Waals surface area contributed by atoms with Gasteiger partial charge in [0.05, 0.1) is 10.9 Å². The van der Waals surface area contributed by atoms with Crippen molar-refractivity contribution in [3.63, 3.8) is 0 Å². The van der Waals surface area contributed by atoms with Crippen molar-refractivity contribution in [2.24, 2.45) is 7.05 Å². The molecule has 2 aromatic heterocycles. The summed E-state index contributed by atoms with van der Waals surface area (Å²) in [5.74, 6) is 0. The van der Waals surface area contributed by atoms with Crippen molar-refractivity contribution in [1.29, 1.82) is 0 Å². The number of aryl methyl sites for hydroxylation is 2. The van der Waals surface area contributed by atoms with Crippen LogP contribution in [0.1, 0.15) is 25.3 Å². The van der Waals surface area contributed by atoms with E-state index < -0.39 is 0 Å². The minimum Gasteiger partial charge on any atom is -0.455 e. The topological polar surface area (TPSA) is 18.1 Å². The maximum atomic E-state index is 6.39. The fourth-order valence-corrected chi connectivity index (χ4v) is 4.16. The van der Waals surface area contributed by atoms with Crippen molar-refractivity contribution >= 4 is 43.7 Å². The molecule has 0 fully saturated rings. The van der Waals surface area contributed by atoms with Gasteiger partial charge in [0.15, 0.2) is 0 Å². The Hall–Kier alpha value is -2.74. The van der Waals surface area contributed by atoms with E-state index in [1.165, 1.54) is 51.0 Å². The van der Waals surface area contributed by atoms with Crippen LogP contribution in [0.25, 0.3) is 43.7 Å². The highest BCUT2D eigenvalue weighted by atomic mass is 16.3. The van der Waals surface area contributed by atoms with Crippen LogP contribution in [0.3, 0.4) is 0 Å². The molecule has 0 N–H and O–H groups in total. The van der Waals surface area contributed by atoms with E-state index in [4.69, 9.17) is 4.42 Å². The Morgan fingerprint density at radius 3 is 2.48 bits per heavy atom. The molecular weight excluding hydrogens is 306 g/mol. The van der Waals surface area contributed by atoms with Gasteiger partial charge in [0.25, 0.3) is 0 Å². The summed E-state index contributed by atoms with van der Waals surface area (Å²) in [5, 5.41) is 5.04. The van der Waals surface area contributed by atoms with Gasteiger partial charge in [-0.3, -0.25) is 0 Å². The Kier molecular flexibility index (Phi) is 3.14. The zero-order chi connectivity index (χ0) is 17.0. The second-order valence-corrected chi connectivity index (χ2v) is 6.91. The maximum absolute atomic E-state index is 6.39. The van der Waals surface area contributed by atoms with Gasteiger partial charge in [-0.25, -0.2) is 0 Å². The van der Waals surface area contributed by atoms with Crippen LogP contribution in [0.15, 0.2) is 59.0 Å². The van der Waals surface area contributed by atoms with Crippen molar-refractivity contribution in [3.05, 3.63) is 60.2 Å². The predicted molar refractivity (Wildman–Crippen MR) is 106 cm³/mol. The molecular formula is C23H21NO. The summed E-state index contributed by atoms with van der Waals surface area (Å²) in [6.45, 7) is 2.25. The lowest BCUT2D eigenvalue weighted by atomic mass is 9.98. The Morgan fingerprint density at radius 1 is 0.880 bits per heavy atom. The first-order valence-electron chi connectivity index (χ1n) is 9.10. The van der Waals surface area contributed by atoms with Crippen molar-refractivity contribution < 1.29 is 4.42 Å². The van der Waals surface area contributed by atoms with E-state index in [1.54, 1.807) is 0 Å². The first-order valence-corrected chi connectivity index (χ1v) is 9.10. The number of aromatic nitrogens is 1. The minimum absolute atomic E-state index is 0.982. The van der Waals surface area contributed by atoms with Gasteiger partial charge in [-0.15, -0.1) is 0 Å². The molecule has 0 amide bonds. The molecule has 5 aromatic rings. The number of benzene rings is 3. The molecule has 25 heavy (non-hydrogen) atoms. The van der Waals surface area contributed by atoms with E-state index in [2.05, 4.69) is 73.1 Å². The molecule has 0 radical (unpaired) electrons. The molecule has 124 valence electrons. The zero-order valence-corrected chi connectivity index (χ0v) is 14.7.